The number of para-hydroxylation sites is 1. The molecule has 0 bridgehead atoms. The van der Waals surface area contributed by atoms with Gasteiger partial charge in [-0.1, -0.05) is 23.7 Å². The van der Waals surface area contributed by atoms with Crippen molar-refractivity contribution in [3.05, 3.63) is 52.8 Å². The largest absolute Gasteiger partial charge is 0.356 e. The van der Waals surface area contributed by atoms with Crippen molar-refractivity contribution in [3.8, 4) is 0 Å². The highest BCUT2D eigenvalue weighted by Crippen LogP contribution is 2.29. The van der Waals surface area contributed by atoms with Gasteiger partial charge in [0.05, 0.1) is 10.7 Å². The second-order valence-corrected chi connectivity index (χ2v) is 6.02. The molecular weight excluding hydrogens is 330 g/mol. The molecule has 24 heavy (non-hydrogen) atoms. The molecule has 1 aliphatic heterocycles. The van der Waals surface area contributed by atoms with Crippen LogP contribution in [0, 0.1) is 0 Å². The molecule has 0 saturated carbocycles. The fourth-order valence-corrected chi connectivity index (χ4v) is 2.93. The van der Waals surface area contributed by atoms with Crippen molar-refractivity contribution in [2.24, 2.45) is 0 Å². The van der Waals surface area contributed by atoms with E-state index in [-0.39, 0.29) is 17.4 Å². The first-order chi connectivity index (χ1) is 11.5. The predicted molar refractivity (Wildman–Crippen MR) is 90.5 cm³/mol. The number of ketones is 1. The number of carbonyl (C=O) groups is 3. The van der Waals surface area contributed by atoms with Crippen LogP contribution in [0.4, 0.5) is 5.69 Å². The first-order valence-electron chi connectivity index (χ1n) is 7.53. The summed E-state index contributed by atoms with van der Waals surface area (Å²) < 4.78 is 0. The summed E-state index contributed by atoms with van der Waals surface area (Å²) in [7, 11) is 0. The fraction of sp³-hybridized carbons (Fsp3) is 0.235. The number of Topliss-reactive ketones (excluding diaryl/α,β-unsaturated/α-hetero) is 1. The highest BCUT2D eigenvalue weighted by molar-refractivity contribution is 6.34. The van der Waals surface area contributed by atoms with Crippen LogP contribution >= 0.6 is 11.6 Å². The van der Waals surface area contributed by atoms with Crippen molar-refractivity contribution in [2.45, 2.75) is 19.4 Å². The third-order valence-corrected chi connectivity index (χ3v) is 4.31. The molecule has 3 rings (SSSR count). The molecule has 1 atom stereocenters. The van der Waals surface area contributed by atoms with Gasteiger partial charge in [0, 0.05) is 18.3 Å². The van der Waals surface area contributed by atoms with Crippen LogP contribution < -0.4 is 10.2 Å². The Hall–Kier alpha value is -2.60. The van der Waals surface area contributed by atoms with Crippen LogP contribution in [0.15, 0.2) is 36.5 Å². The molecule has 0 spiro atoms. The number of benzene rings is 1. The van der Waals surface area contributed by atoms with Crippen LogP contribution in [0.25, 0.3) is 0 Å². The number of nitrogens with one attached hydrogen (secondary N) is 2. The summed E-state index contributed by atoms with van der Waals surface area (Å²) in [6.45, 7) is 1.91. The van der Waals surface area contributed by atoms with E-state index < -0.39 is 11.9 Å². The Labute approximate surface area is 143 Å². The molecule has 1 aliphatic rings. The van der Waals surface area contributed by atoms with E-state index >= 15 is 0 Å². The summed E-state index contributed by atoms with van der Waals surface area (Å²) in [4.78, 5) is 40.4. The maximum atomic E-state index is 12.5. The molecule has 0 radical (unpaired) electrons. The summed E-state index contributed by atoms with van der Waals surface area (Å²) in [5.74, 6) is -0.746. The van der Waals surface area contributed by atoms with Gasteiger partial charge >= 0.3 is 0 Å². The molecule has 1 saturated heterocycles. The number of carbonyl (C=O) groups excluding carboxylic acids is 3. The van der Waals surface area contributed by atoms with Gasteiger partial charge in [0.2, 0.25) is 5.91 Å². The van der Waals surface area contributed by atoms with Crippen LogP contribution in [-0.2, 0) is 4.79 Å². The number of H-pyrrole nitrogens is 1. The zero-order valence-corrected chi connectivity index (χ0v) is 13.8. The number of hydrogen-bond donors (Lipinski definition) is 2. The van der Waals surface area contributed by atoms with Crippen molar-refractivity contribution in [1.82, 2.24) is 10.3 Å². The van der Waals surface area contributed by atoms with Crippen molar-refractivity contribution in [2.75, 3.05) is 11.4 Å². The third kappa shape index (κ3) is 3.05. The zero-order valence-electron chi connectivity index (χ0n) is 13.0. The highest BCUT2D eigenvalue weighted by atomic mass is 35.5. The summed E-state index contributed by atoms with van der Waals surface area (Å²) in [6.07, 6.45) is 1.97. The van der Waals surface area contributed by atoms with Crippen LogP contribution in [-0.4, -0.2) is 35.2 Å². The van der Waals surface area contributed by atoms with Gasteiger partial charge in [-0.15, -0.1) is 0 Å². The van der Waals surface area contributed by atoms with Gasteiger partial charge in [0.25, 0.3) is 5.91 Å². The van der Waals surface area contributed by atoms with Crippen molar-refractivity contribution >= 4 is 34.9 Å². The molecular formula is C17H16ClN3O3. The maximum Gasteiger partial charge on any atom is 0.268 e. The lowest BCUT2D eigenvalue weighted by Crippen LogP contribution is -2.41. The minimum atomic E-state index is -0.613. The Morgan fingerprint density at radius 3 is 2.75 bits per heavy atom. The van der Waals surface area contributed by atoms with Crippen LogP contribution in [0.2, 0.25) is 5.02 Å². The SMILES string of the molecule is CC(=O)c1c[nH]c(C(=O)N[C@@H]2CCN(c3ccccc3Cl)C2=O)c1. The monoisotopic (exact) mass is 345 g/mol. The number of rotatable bonds is 4. The Kier molecular flexibility index (Phi) is 4.40. The van der Waals surface area contributed by atoms with Crippen molar-refractivity contribution < 1.29 is 14.4 Å². The molecule has 1 aromatic heterocycles. The van der Waals surface area contributed by atoms with Gasteiger partial charge in [-0.25, -0.2) is 0 Å². The standard InChI is InChI=1S/C17H16ClN3O3/c1-10(22)11-8-14(19-9-11)16(23)20-13-6-7-21(17(13)24)15-5-3-2-4-12(15)18/h2-5,8-9,13,19H,6-7H2,1H3,(H,20,23)/t13-/m1/s1. The summed E-state index contributed by atoms with van der Waals surface area (Å²) in [5, 5.41) is 3.19. The summed E-state index contributed by atoms with van der Waals surface area (Å²) >= 11 is 6.13. The zero-order chi connectivity index (χ0) is 17.3. The number of amides is 2. The molecule has 6 nitrogen and oxygen atoms in total. The van der Waals surface area contributed by atoms with E-state index in [4.69, 9.17) is 11.6 Å². The Balaban J connectivity index is 1.70. The third-order valence-electron chi connectivity index (χ3n) is 3.99. The lowest BCUT2D eigenvalue weighted by molar-refractivity contribution is -0.118. The van der Waals surface area contributed by atoms with Gasteiger partial charge < -0.3 is 15.2 Å². The Morgan fingerprint density at radius 2 is 2.08 bits per heavy atom. The van der Waals surface area contributed by atoms with Gasteiger partial charge in [-0.2, -0.15) is 0 Å². The van der Waals surface area contributed by atoms with Crippen LogP contribution in [0.3, 0.4) is 0 Å². The van der Waals surface area contributed by atoms with E-state index in [1.165, 1.54) is 19.2 Å². The van der Waals surface area contributed by atoms with E-state index in [2.05, 4.69) is 10.3 Å². The van der Waals surface area contributed by atoms with Crippen molar-refractivity contribution in [3.63, 3.8) is 0 Å². The average Bonchev–Trinajstić information content (AvgIpc) is 3.17. The molecule has 1 fully saturated rings. The smallest absolute Gasteiger partial charge is 0.268 e. The second-order valence-electron chi connectivity index (χ2n) is 5.61. The number of nitrogens with zero attached hydrogens (tertiary/aromatic N) is 1. The van der Waals surface area contributed by atoms with Crippen molar-refractivity contribution in [1.29, 1.82) is 0 Å². The minimum absolute atomic E-state index is 0.132. The molecule has 2 amide bonds. The van der Waals surface area contributed by atoms with Gasteiger partial charge in [0.15, 0.2) is 5.78 Å². The summed E-state index contributed by atoms with van der Waals surface area (Å²) in [5.41, 5.74) is 1.32. The first-order valence-corrected chi connectivity index (χ1v) is 7.91. The molecule has 0 unspecified atom stereocenters. The molecule has 124 valence electrons. The van der Waals surface area contributed by atoms with E-state index in [0.717, 1.165) is 0 Å². The molecule has 2 heterocycles. The lowest BCUT2D eigenvalue weighted by Gasteiger charge is -2.18. The summed E-state index contributed by atoms with van der Waals surface area (Å²) in [6, 6.07) is 7.96. The molecule has 2 N–H and O–H groups in total. The number of aromatic nitrogens is 1. The molecule has 0 aliphatic carbocycles. The Bertz CT molecular complexity index is 815. The lowest BCUT2D eigenvalue weighted by atomic mass is 10.2. The highest BCUT2D eigenvalue weighted by Gasteiger charge is 2.34. The number of halogens is 1. The topological polar surface area (TPSA) is 82.3 Å². The van der Waals surface area contributed by atoms with Gasteiger partial charge in [0.1, 0.15) is 11.7 Å². The van der Waals surface area contributed by atoms with Gasteiger partial charge in [-0.05, 0) is 31.5 Å². The maximum absolute atomic E-state index is 12.5. The Morgan fingerprint density at radius 1 is 1.33 bits per heavy atom. The number of aromatic amines is 1. The van der Waals surface area contributed by atoms with Crippen LogP contribution in [0.1, 0.15) is 34.2 Å². The molecule has 1 aromatic carbocycles. The second kappa shape index (κ2) is 6.49. The predicted octanol–water partition coefficient (Wildman–Crippen LogP) is 2.41. The number of anilines is 1. The first kappa shape index (κ1) is 16.3. The minimum Gasteiger partial charge on any atom is -0.356 e. The van der Waals surface area contributed by atoms with E-state index in [1.807, 2.05) is 6.07 Å². The fourth-order valence-electron chi connectivity index (χ4n) is 2.69. The van der Waals surface area contributed by atoms with E-state index in [0.29, 0.717) is 29.2 Å². The quantitative estimate of drug-likeness (QED) is 0.835. The van der Waals surface area contributed by atoms with Gasteiger partial charge in [-0.3, -0.25) is 14.4 Å². The molecule has 7 heteroatoms. The van der Waals surface area contributed by atoms with E-state index in [9.17, 15) is 14.4 Å². The molecule has 2 aromatic rings. The van der Waals surface area contributed by atoms with Crippen LogP contribution in [0.5, 0.6) is 0 Å². The van der Waals surface area contributed by atoms with E-state index in [1.54, 1.807) is 23.1 Å². The normalized spacial score (nSPS) is 17.2. The number of hydrogen-bond acceptors (Lipinski definition) is 3. The average molecular weight is 346 g/mol.